The summed E-state index contributed by atoms with van der Waals surface area (Å²) in [6.07, 6.45) is 5.29. The van der Waals surface area contributed by atoms with Crippen LogP contribution in [0.15, 0.2) is 24.3 Å². The number of nitrogens with two attached hydrogens (primary N) is 1. The summed E-state index contributed by atoms with van der Waals surface area (Å²) < 4.78 is 5.53. The van der Waals surface area contributed by atoms with E-state index in [1.807, 2.05) is 19.2 Å². The summed E-state index contributed by atoms with van der Waals surface area (Å²) in [4.78, 5) is 2.47. The molecule has 1 aromatic rings. The second-order valence-corrected chi connectivity index (χ2v) is 5.69. The minimum Gasteiger partial charge on any atom is -0.399 e. The highest BCUT2D eigenvalue weighted by atomic mass is 16.5. The average molecular weight is 262 g/mol. The van der Waals surface area contributed by atoms with Crippen LogP contribution < -0.4 is 5.73 Å². The van der Waals surface area contributed by atoms with E-state index in [-0.39, 0.29) is 0 Å². The van der Waals surface area contributed by atoms with E-state index >= 15 is 0 Å². The number of benzene rings is 1. The monoisotopic (exact) mass is 262 g/mol. The molecule has 0 bridgehead atoms. The van der Waals surface area contributed by atoms with Gasteiger partial charge in [0.05, 0.1) is 6.10 Å². The van der Waals surface area contributed by atoms with E-state index in [0.29, 0.717) is 18.2 Å². The van der Waals surface area contributed by atoms with Gasteiger partial charge < -0.3 is 10.5 Å². The Morgan fingerprint density at radius 3 is 2.84 bits per heavy atom. The largest absolute Gasteiger partial charge is 0.399 e. The van der Waals surface area contributed by atoms with Crippen LogP contribution in [0.4, 0.5) is 5.69 Å². The van der Waals surface area contributed by atoms with Gasteiger partial charge in [-0.15, -0.1) is 0 Å². The Kier molecular flexibility index (Phi) is 4.83. The molecule has 3 heteroatoms. The molecule has 0 saturated heterocycles. The van der Waals surface area contributed by atoms with Gasteiger partial charge in [-0.2, -0.15) is 0 Å². The molecule has 3 atom stereocenters. The van der Waals surface area contributed by atoms with Crippen molar-refractivity contribution in [2.24, 2.45) is 0 Å². The van der Waals surface area contributed by atoms with E-state index in [9.17, 15) is 0 Å². The van der Waals surface area contributed by atoms with Crippen molar-refractivity contribution in [3.8, 4) is 0 Å². The van der Waals surface area contributed by atoms with Crippen molar-refractivity contribution in [3.63, 3.8) is 0 Å². The molecular weight excluding hydrogens is 236 g/mol. The molecule has 1 aliphatic rings. The maximum absolute atomic E-state index is 5.88. The minimum absolute atomic E-state index is 0.393. The lowest BCUT2D eigenvalue weighted by molar-refractivity contribution is 0.0254. The standard InChI is InChI=1S/C16H26N2O/c1-12(13-6-4-7-14(17)10-13)18(2)15-8-5-9-16(11-15)19-3/h4,6-7,10,12,15-16H,5,8-9,11,17H2,1-3H3. The van der Waals surface area contributed by atoms with Gasteiger partial charge in [0, 0.05) is 24.9 Å². The maximum Gasteiger partial charge on any atom is 0.0586 e. The van der Waals surface area contributed by atoms with Gasteiger partial charge in [0.1, 0.15) is 0 Å². The Morgan fingerprint density at radius 1 is 1.37 bits per heavy atom. The molecule has 0 aliphatic heterocycles. The van der Waals surface area contributed by atoms with E-state index < -0.39 is 0 Å². The number of rotatable bonds is 4. The molecule has 1 saturated carbocycles. The van der Waals surface area contributed by atoms with Crippen molar-refractivity contribution in [2.45, 2.75) is 50.8 Å². The topological polar surface area (TPSA) is 38.5 Å². The summed E-state index contributed by atoms with van der Waals surface area (Å²) in [6.45, 7) is 2.26. The third kappa shape index (κ3) is 3.48. The van der Waals surface area contributed by atoms with E-state index in [4.69, 9.17) is 10.5 Å². The number of hydrogen-bond acceptors (Lipinski definition) is 3. The third-order valence-electron chi connectivity index (χ3n) is 4.51. The van der Waals surface area contributed by atoms with Crippen molar-refractivity contribution in [1.29, 1.82) is 0 Å². The molecule has 0 spiro atoms. The molecule has 3 nitrogen and oxygen atoms in total. The zero-order valence-electron chi connectivity index (χ0n) is 12.3. The van der Waals surface area contributed by atoms with Crippen LogP contribution in [-0.2, 0) is 4.74 Å². The lowest BCUT2D eigenvalue weighted by atomic mass is 9.90. The zero-order valence-corrected chi connectivity index (χ0v) is 12.3. The molecule has 19 heavy (non-hydrogen) atoms. The smallest absolute Gasteiger partial charge is 0.0586 e. The van der Waals surface area contributed by atoms with Gasteiger partial charge in [-0.1, -0.05) is 12.1 Å². The summed E-state index contributed by atoms with van der Waals surface area (Å²) in [5.41, 5.74) is 8.02. The average Bonchev–Trinajstić information content (AvgIpc) is 2.45. The van der Waals surface area contributed by atoms with Crippen LogP contribution in [0.25, 0.3) is 0 Å². The van der Waals surface area contributed by atoms with Crippen LogP contribution in [-0.4, -0.2) is 31.2 Å². The zero-order chi connectivity index (χ0) is 13.8. The number of nitrogens with zero attached hydrogens (tertiary/aromatic N) is 1. The van der Waals surface area contributed by atoms with Crippen molar-refractivity contribution in [2.75, 3.05) is 19.9 Å². The van der Waals surface area contributed by atoms with Crippen LogP contribution in [0.1, 0.15) is 44.2 Å². The van der Waals surface area contributed by atoms with Crippen LogP contribution in [0.3, 0.4) is 0 Å². The van der Waals surface area contributed by atoms with Crippen molar-refractivity contribution in [1.82, 2.24) is 4.90 Å². The third-order valence-corrected chi connectivity index (χ3v) is 4.51. The molecule has 1 fully saturated rings. The van der Waals surface area contributed by atoms with Crippen molar-refractivity contribution < 1.29 is 4.74 Å². The quantitative estimate of drug-likeness (QED) is 0.847. The Labute approximate surface area is 116 Å². The Bertz CT molecular complexity index is 407. The normalized spacial score (nSPS) is 25.5. The van der Waals surface area contributed by atoms with Crippen LogP contribution >= 0.6 is 0 Å². The molecule has 2 rings (SSSR count). The lowest BCUT2D eigenvalue weighted by Crippen LogP contribution is -2.39. The van der Waals surface area contributed by atoms with Gasteiger partial charge in [-0.3, -0.25) is 4.90 Å². The van der Waals surface area contributed by atoms with E-state index in [1.165, 1.54) is 24.8 Å². The van der Waals surface area contributed by atoms with Gasteiger partial charge >= 0.3 is 0 Å². The molecule has 1 aromatic carbocycles. The number of methoxy groups -OCH3 is 1. The van der Waals surface area contributed by atoms with Gasteiger partial charge in [-0.25, -0.2) is 0 Å². The predicted molar refractivity (Wildman–Crippen MR) is 80.1 cm³/mol. The molecule has 106 valence electrons. The molecule has 0 heterocycles. The lowest BCUT2D eigenvalue weighted by Gasteiger charge is -2.38. The number of anilines is 1. The van der Waals surface area contributed by atoms with Crippen molar-refractivity contribution >= 4 is 5.69 Å². The fourth-order valence-corrected chi connectivity index (χ4v) is 3.07. The predicted octanol–water partition coefficient (Wildman–Crippen LogP) is 3.22. The molecule has 0 radical (unpaired) electrons. The molecule has 3 unspecified atom stereocenters. The SMILES string of the molecule is COC1CCCC(N(C)C(C)c2cccc(N)c2)C1. The van der Waals surface area contributed by atoms with E-state index in [1.54, 1.807) is 0 Å². The summed E-state index contributed by atoms with van der Waals surface area (Å²) in [5, 5.41) is 0. The fourth-order valence-electron chi connectivity index (χ4n) is 3.07. The van der Waals surface area contributed by atoms with E-state index in [0.717, 1.165) is 12.1 Å². The van der Waals surface area contributed by atoms with Crippen molar-refractivity contribution in [3.05, 3.63) is 29.8 Å². The molecule has 0 aromatic heterocycles. The summed E-state index contributed by atoms with van der Waals surface area (Å²) in [7, 11) is 4.05. The summed E-state index contributed by atoms with van der Waals surface area (Å²) >= 11 is 0. The molecule has 1 aliphatic carbocycles. The molecular formula is C16H26N2O. The molecule has 2 N–H and O–H groups in total. The second kappa shape index (κ2) is 6.40. The Balaban J connectivity index is 2.04. The maximum atomic E-state index is 5.88. The van der Waals surface area contributed by atoms with Crippen LogP contribution in [0, 0.1) is 0 Å². The number of ether oxygens (including phenoxy) is 1. The highest BCUT2D eigenvalue weighted by Gasteiger charge is 2.27. The number of hydrogen-bond donors (Lipinski definition) is 1. The van der Waals surface area contributed by atoms with Crippen LogP contribution in [0.2, 0.25) is 0 Å². The van der Waals surface area contributed by atoms with Gasteiger partial charge in [0.25, 0.3) is 0 Å². The second-order valence-electron chi connectivity index (χ2n) is 5.69. The van der Waals surface area contributed by atoms with Gasteiger partial charge in [-0.05, 0) is 57.4 Å². The summed E-state index contributed by atoms with van der Waals surface area (Å²) in [5.74, 6) is 0. The van der Waals surface area contributed by atoms with E-state index in [2.05, 4.69) is 31.0 Å². The fraction of sp³-hybridized carbons (Fsp3) is 0.625. The first-order valence-corrected chi connectivity index (χ1v) is 7.22. The Morgan fingerprint density at radius 2 is 2.16 bits per heavy atom. The summed E-state index contributed by atoms with van der Waals surface area (Å²) in [6, 6.07) is 9.22. The van der Waals surface area contributed by atoms with Crippen LogP contribution in [0.5, 0.6) is 0 Å². The first-order valence-electron chi connectivity index (χ1n) is 7.22. The molecule has 0 amide bonds. The number of nitrogen functional groups attached to an aromatic ring is 1. The highest BCUT2D eigenvalue weighted by Crippen LogP contribution is 2.30. The van der Waals surface area contributed by atoms with Gasteiger partial charge in [0.2, 0.25) is 0 Å². The minimum atomic E-state index is 0.393. The first kappa shape index (κ1) is 14.4. The highest BCUT2D eigenvalue weighted by molar-refractivity contribution is 5.41. The first-order chi connectivity index (χ1) is 9.11. The van der Waals surface area contributed by atoms with Gasteiger partial charge in [0.15, 0.2) is 0 Å². The Hall–Kier alpha value is -1.06.